The van der Waals surface area contributed by atoms with Gasteiger partial charge in [0, 0.05) is 32.0 Å². The highest BCUT2D eigenvalue weighted by molar-refractivity contribution is 5.80. The number of ether oxygens (including phenoxy) is 1. The Hall–Kier alpha value is -1.16. The van der Waals surface area contributed by atoms with E-state index in [0.717, 1.165) is 38.2 Å². The molecule has 0 aliphatic carbocycles. The molecule has 0 bridgehead atoms. The van der Waals surface area contributed by atoms with Gasteiger partial charge in [-0.3, -0.25) is 4.79 Å². The van der Waals surface area contributed by atoms with Crippen molar-refractivity contribution in [3.05, 3.63) is 18.2 Å². The molecular weight excluding hydrogens is 216 g/mol. The summed E-state index contributed by atoms with van der Waals surface area (Å²) in [5.74, 6) is 1.14. The molecule has 1 unspecified atom stereocenters. The third-order valence-electron chi connectivity index (χ3n) is 3.27. The fraction of sp³-hybridized carbons (Fsp3) is 0.692. The van der Waals surface area contributed by atoms with Crippen molar-refractivity contribution < 1.29 is 9.53 Å². The predicted molar refractivity (Wildman–Crippen MR) is 64.8 cm³/mol. The Labute approximate surface area is 102 Å². The highest BCUT2D eigenvalue weighted by Crippen LogP contribution is 2.17. The van der Waals surface area contributed by atoms with Crippen LogP contribution in [0.2, 0.25) is 0 Å². The fourth-order valence-electron chi connectivity index (χ4n) is 2.25. The van der Waals surface area contributed by atoms with Crippen LogP contribution >= 0.6 is 0 Å². The van der Waals surface area contributed by atoms with Crippen LogP contribution in [0, 0.1) is 0 Å². The molecule has 0 aromatic carbocycles. The summed E-state index contributed by atoms with van der Waals surface area (Å²) in [6.45, 7) is 3.79. The molecule has 1 aromatic heterocycles. The van der Waals surface area contributed by atoms with Gasteiger partial charge < -0.3 is 9.30 Å². The third-order valence-corrected chi connectivity index (χ3v) is 3.27. The van der Waals surface area contributed by atoms with Gasteiger partial charge >= 0.3 is 0 Å². The summed E-state index contributed by atoms with van der Waals surface area (Å²) in [4.78, 5) is 16.0. The van der Waals surface area contributed by atoms with Crippen LogP contribution in [-0.2, 0) is 22.5 Å². The van der Waals surface area contributed by atoms with Gasteiger partial charge in [-0.15, -0.1) is 0 Å². The van der Waals surface area contributed by atoms with E-state index in [1.807, 2.05) is 10.8 Å². The second kappa shape index (κ2) is 5.96. The highest BCUT2D eigenvalue weighted by Gasteiger charge is 2.17. The van der Waals surface area contributed by atoms with E-state index in [1.165, 1.54) is 0 Å². The molecule has 2 heterocycles. The molecule has 0 radical (unpaired) electrons. The first-order valence-corrected chi connectivity index (χ1v) is 6.43. The first-order chi connectivity index (χ1) is 8.29. The summed E-state index contributed by atoms with van der Waals surface area (Å²) in [5.41, 5.74) is 0. The Morgan fingerprint density at radius 3 is 3.24 bits per heavy atom. The number of ketones is 1. The molecule has 1 fully saturated rings. The Bertz CT molecular complexity index is 367. The Kier molecular flexibility index (Phi) is 4.31. The third kappa shape index (κ3) is 3.40. The quantitative estimate of drug-likeness (QED) is 0.758. The number of imidazole rings is 1. The maximum Gasteiger partial charge on any atom is 0.140 e. The van der Waals surface area contributed by atoms with Gasteiger partial charge in [0.05, 0.1) is 12.5 Å². The average molecular weight is 236 g/mol. The number of Topliss-reactive ketones (excluding diaryl/α,β-unsaturated/α-hetero) is 1. The van der Waals surface area contributed by atoms with Crippen molar-refractivity contribution in [1.82, 2.24) is 9.55 Å². The van der Waals surface area contributed by atoms with Gasteiger partial charge in [-0.1, -0.05) is 0 Å². The van der Waals surface area contributed by atoms with Crippen molar-refractivity contribution in [3.8, 4) is 0 Å². The standard InChI is InChI=1S/C13H20N2O2/c1-2-15-8-7-14-13(15)10-11(16)5-6-12-4-3-9-17-12/h7-8,12H,2-6,9-10H2,1H3. The van der Waals surface area contributed by atoms with Gasteiger partial charge in [0.25, 0.3) is 0 Å². The smallest absolute Gasteiger partial charge is 0.140 e. The van der Waals surface area contributed by atoms with E-state index in [0.29, 0.717) is 18.9 Å². The Morgan fingerprint density at radius 2 is 2.53 bits per heavy atom. The summed E-state index contributed by atoms with van der Waals surface area (Å²) in [6.07, 6.45) is 8.16. The van der Waals surface area contributed by atoms with Crippen molar-refractivity contribution in [2.24, 2.45) is 0 Å². The second-order valence-electron chi connectivity index (χ2n) is 4.52. The summed E-state index contributed by atoms with van der Waals surface area (Å²) in [6, 6.07) is 0. The monoisotopic (exact) mass is 236 g/mol. The lowest BCUT2D eigenvalue weighted by Gasteiger charge is -2.08. The Morgan fingerprint density at radius 1 is 1.65 bits per heavy atom. The van der Waals surface area contributed by atoms with Gasteiger partial charge in [0.2, 0.25) is 0 Å². The summed E-state index contributed by atoms with van der Waals surface area (Å²) < 4.78 is 7.53. The van der Waals surface area contributed by atoms with Crippen LogP contribution in [0.25, 0.3) is 0 Å². The number of hydrogen-bond acceptors (Lipinski definition) is 3. The van der Waals surface area contributed by atoms with Crippen LogP contribution < -0.4 is 0 Å². The van der Waals surface area contributed by atoms with Gasteiger partial charge in [0.1, 0.15) is 11.6 Å². The summed E-state index contributed by atoms with van der Waals surface area (Å²) >= 11 is 0. The number of carbonyl (C=O) groups is 1. The van der Waals surface area contributed by atoms with Crippen LogP contribution in [0.1, 0.15) is 38.4 Å². The molecule has 4 heteroatoms. The molecule has 1 aliphatic rings. The first-order valence-electron chi connectivity index (χ1n) is 6.43. The summed E-state index contributed by atoms with van der Waals surface area (Å²) in [5, 5.41) is 0. The molecule has 0 amide bonds. The van der Waals surface area contributed by atoms with E-state index in [9.17, 15) is 4.79 Å². The van der Waals surface area contributed by atoms with E-state index in [4.69, 9.17) is 4.74 Å². The van der Waals surface area contributed by atoms with Crippen LogP contribution in [0.5, 0.6) is 0 Å². The molecule has 0 saturated carbocycles. The SMILES string of the molecule is CCn1ccnc1CC(=O)CCC1CCCO1. The predicted octanol–water partition coefficient (Wildman–Crippen LogP) is 1.97. The molecule has 1 saturated heterocycles. The molecular formula is C13H20N2O2. The zero-order valence-electron chi connectivity index (χ0n) is 10.4. The van der Waals surface area contributed by atoms with E-state index in [2.05, 4.69) is 11.9 Å². The molecule has 94 valence electrons. The number of aryl methyl sites for hydroxylation is 1. The lowest BCUT2D eigenvalue weighted by atomic mass is 10.1. The van der Waals surface area contributed by atoms with Crippen molar-refractivity contribution in [1.29, 1.82) is 0 Å². The van der Waals surface area contributed by atoms with Gasteiger partial charge in [0.15, 0.2) is 0 Å². The zero-order valence-corrected chi connectivity index (χ0v) is 10.4. The van der Waals surface area contributed by atoms with Crippen LogP contribution in [0.4, 0.5) is 0 Å². The minimum Gasteiger partial charge on any atom is -0.378 e. The van der Waals surface area contributed by atoms with Crippen molar-refractivity contribution in [2.75, 3.05) is 6.61 Å². The van der Waals surface area contributed by atoms with Crippen LogP contribution in [0.3, 0.4) is 0 Å². The maximum absolute atomic E-state index is 11.8. The molecule has 1 aliphatic heterocycles. The minimum atomic E-state index is 0.265. The molecule has 0 N–H and O–H groups in total. The normalized spacial score (nSPS) is 19.7. The van der Waals surface area contributed by atoms with Crippen LogP contribution in [-0.4, -0.2) is 28.0 Å². The lowest BCUT2D eigenvalue weighted by Crippen LogP contribution is -2.12. The molecule has 2 rings (SSSR count). The highest BCUT2D eigenvalue weighted by atomic mass is 16.5. The second-order valence-corrected chi connectivity index (χ2v) is 4.52. The van der Waals surface area contributed by atoms with Crippen molar-refractivity contribution >= 4 is 5.78 Å². The summed E-state index contributed by atoms with van der Waals surface area (Å²) in [7, 11) is 0. The number of nitrogens with zero attached hydrogens (tertiary/aromatic N) is 2. The van der Waals surface area contributed by atoms with Gasteiger partial charge in [-0.25, -0.2) is 4.98 Å². The largest absolute Gasteiger partial charge is 0.378 e. The van der Waals surface area contributed by atoms with Crippen molar-refractivity contribution in [2.45, 2.75) is 51.7 Å². The van der Waals surface area contributed by atoms with E-state index < -0.39 is 0 Å². The van der Waals surface area contributed by atoms with Crippen LogP contribution in [0.15, 0.2) is 12.4 Å². The molecule has 17 heavy (non-hydrogen) atoms. The molecule has 4 nitrogen and oxygen atoms in total. The number of aromatic nitrogens is 2. The van der Waals surface area contributed by atoms with E-state index in [-0.39, 0.29) is 5.78 Å². The molecule has 1 atom stereocenters. The van der Waals surface area contributed by atoms with Gasteiger partial charge in [-0.05, 0) is 26.2 Å². The molecule has 1 aromatic rings. The topological polar surface area (TPSA) is 44.1 Å². The minimum absolute atomic E-state index is 0.265. The van der Waals surface area contributed by atoms with E-state index in [1.54, 1.807) is 6.20 Å². The molecule has 0 spiro atoms. The van der Waals surface area contributed by atoms with Gasteiger partial charge in [-0.2, -0.15) is 0 Å². The average Bonchev–Trinajstić information content (AvgIpc) is 2.97. The number of hydrogen-bond donors (Lipinski definition) is 0. The van der Waals surface area contributed by atoms with E-state index >= 15 is 0 Å². The first kappa shape index (κ1) is 12.3. The number of carbonyl (C=O) groups excluding carboxylic acids is 1. The fourth-order valence-corrected chi connectivity index (χ4v) is 2.25. The zero-order chi connectivity index (χ0) is 12.1. The van der Waals surface area contributed by atoms with Crippen molar-refractivity contribution in [3.63, 3.8) is 0 Å². The number of rotatable bonds is 6. The maximum atomic E-state index is 11.8. The lowest BCUT2D eigenvalue weighted by molar-refractivity contribution is -0.119. The Balaban J connectivity index is 1.76.